The molecule has 0 radical (unpaired) electrons. The Morgan fingerprint density at radius 1 is 1.20 bits per heavy atom. The first-order valence-corrected chi connectivity index (χ1v) is 7.16. The molecule has 0 aliphatic heterocycles. The van der Waals surface area contributed by atoms with Crippen LogP contribution >= 0.6 is 34.5 Å². The zero-order chi connectivity index (χ0) is 14.3. The van der Waals surface area contributed by atoms with Gasteiger partial charge in [-0.15, -0.1) is 11.3 Å². The Kier molecular flexibility index (Phi) is 3.41. The van der Waals surface area contributed by atoms with Gasteiger partial charge in [0.25, 0.3) is 0 Å². The van der Waals surface area contributed by atoms with Crippen molar-refractivity contribution in [2.45, 2.75) is 0 Å². The van der Waals surface area contributed by atoms with E-state index in [0.29, 0.717) is 21.2 Å². The van der Waals surface area contributed by atoms with Crippen LogP contribution in [0.25, 0.3) is 21.7 Å². The number of anilines is 1. The number of thiophene rings is 1. The van der Waals surface area contributed by atoms with Gasteiger partial charge < -0.3 is 10.3 Å². The van der Waals surface area contributed by atoms with Gasteiger partial charge >= 0.3 is 0 Å². The Labute approximate surface area is 127 Å². The number of nitrogen functional groups attached to an aromatic ring is 1. The Morgan fingerprint density at radius 2 is 2.00 bits per heavy atom. The van der Waals surface area contributed by atoms with Crippen molar-refractivity contribution >= 4 is 40.4 Å². The molecule has 3 nitrogen and oxygen atoms in total. The third-order valence-corrected chi connectivity index (χ3v) is 4.41. The van der Waals surface area contributed by atoms with Gasteiger partial charge in [-0.2, -0.15) is 0 Å². The van der Waals surface area contributed by atoms with Crippen molar-refractivity contribution in [3.63, 3.8) is 0 Å². The van der Waals surface area contributed by atoms with E-state index in [0.717, 1.165) is 0 Å². The molecule has 0 amide bonds. The highest BCUT2D eigenvalue weighted by molar-refractivity contribution is 7.14. The lowest BCUT2D eigenvalue weighted by molar-refractivity contribution is 0.439. The molecule has 3 aromatic rings. The molecule has 20 heavy (non-hydrogen) atoms. The van der Waals surface area contributed by atoms with Crippen LogP contribution < -0.4 is 5.73 Å². The van der Waals surface area contributed by atoms with Gasteiger partial charge in [0.1, 0.15) is 11.5 Å². The summed E-state index contributed by atoms with van der Waals surface area (Å²) in [6.45, 7) is 0. The van der Waals surface area contributed by atoms with E-state index in [2.05, 4.69) is 5.16 Å². The van der Waals surface area contributed by atoms with E-state index in [1.54, 1.807) is 23.6 Å². The standard InChI is InChI=1S/C13H7Cl2FN2OS/c14-7-3-1-2-6(10(7)16)9-11(18-19-13(9)17)12-8(15)4-5-20-12/h1-5H,17H2. The Morgan fingerprint density at radius 3 is 2.70 bits per heavy atom. The predicted molar refractivity (Wildman–Crippen MR) is 79.6 cm³/mol. The van der Waals surface area contributed by atoms with Crippen LogP contribution in [0.3, 0.4) is 0 Å². The molecule has 0 spiro atoms. The summed E-state index contributed by atoms with van der Waals surface area (Å²) in [5.74, 6) is -0.552. The van der Waals surface area contributed by atoms with E-state index in [4.69, 9.17) is 33.5 Å². The van der Waals surface area contributed by atoms with Crippen LogP contribution in [-0.4, -0.2) is 5.16 Å². The monoisotopic (exact) mass is 328 g/mol. The maximum atomic E-state index is 14.2. The fourth-order valence-corrected chi connectivity index (χ4v) is 3.18. The summed E-state index contributed by atoms with van der Waals surface area (Å²) in [5, 5.41) is 6.20. The molecule has 102 valence electrons. The Bertz CT molecular complexity index is 785. The van der Waals surface area contributed by atoms with Crippen molar-refractivity contribution in [2.75, 3.05) is 5.73 Å². The molecule has 1 aromatic carbocycles. The van der Waals surface area contributed by atoms with E-state index < -0.39 is 5.82 Å². The third-order valence-electron chi connectivity index (χ3n) is 2.77. The number of halogens is 3. The van der Waals surface area contributed by atoms with Gasteiger partial charge in [0.05, 0.1) is 20.5 Å². The quantitative estimate of drug-likeness (QED) is 0.712. The van der Waals surface area contributed by atoms with Gasteiger partial charge in [0.15, 0.2) is 0 Å². The van der Waals surface area contributed by atoms with E-state index in [1.165, 1.54) is 17.4 Å². The van der Waals surface area contributed by atoms with Crippen LogP contribution in [0, 0.1) is 5.82 Å². The molecule has 0 unspecified atom stereocenters. The predicted octanol–water partition coefficient (Wildman–Crippen LogP) is 5.10. The molecule has 0 bridgehead atoms. The topological polar surface area (TPSA) is 52.0 Å². The number of aromatic nitrogens is 1. The van der Waals surface area contributed by atoms with Crippen molar-refractivity contribution in [1.82, 2.24) is 5.16 Å². The molecule has 0 aliphatic rings. The first kappa shape index (κ1) is 13.4. The summed E-state index contributed by atoms with van der Waals surface area (Å²) in [4.78, 5) is 0.668. The van der Waals surface area contributed by atoms with Gasteiger partial charge in [-0.05, 0) is 17.5 Å². The van der Waals surface area contributed by atoms with Crippen molar-refractivity contribution in [1.29, 1.82) is 0 Å². The molecule has 0 saturated heterocycles. The number of rotatable bonds is 2. The number of hydrogen-bond donors (Lipinski definition) is 1. The molecule has 7 heteroatoms. The van der Waals surface area contributed by atoms with Crippen LogP contribution in [-0.2, 0) is 0 Å². The number of nitrogens with zero attached hydrogens (tertiary/aromatic N) is 1. The largest absolute Gasteiger partial charge is 0.367 e. The second kappa shape index (κ2) is 5.09. The maximum absolute atomic E-state index is 14.2. The highest BCUT2D eigenvalue weighted by Crippen LogP contribution is 2.43. The fraction of sp³-hybridized carbons (Fsp3) is 0. The highest BCUT2D eigenvalue weighted by Gasteiger charge is 2.23. The minimum Gasteiger partial charge on any atom is -0.367 e. The lowest BCUT2D eigenvalue weighted by Gasteiger charge is -2.04. The van der Waals surface area contributed by atoms with E-state index in [9.17, 15) is 4.39 Å². The first-order chi connectivity index (χ1) is 9.59. The molecule has 2 aromatic heterocycles. The lowest BCUT2D eigenvalue weighted by atomic mass is 10.0. The van der Waals surface area contributed by atoms with Crippen molar-refractivity contribution in [3.05, 3.63) is 45.5 Å². The molecular formula is C13H7Cl2FN2OS. The van der Waals surface area contributed by atoms with Crippen molar-refractivity contribution < 1.29 is 8.91 Å². The van der Waals surface area contributed by atoms with Gasteiger partial charge in [0.2, 0.25) is 5.88 Å². The van der Waals surface area contributed by atoms with Crippen LogP contribution in [0.1, 0.15) is 0 Å². The molecule has 2 N–H and O–H groups in total. The van der Waals surface area contributed by atoms with Gasteiger partial charge in [-0.1, -0.05) is 40.5 Å². The van der Waals surface area contributed by atoms with E-state index >= 15 is 0 Å². The van der Waals surface area contributed by atoms with Gasteiger partial charge in [-0.3, -0.25) is 0 Å². The van der Waals surface area contributed by atoms with Crippen LogP contribution in [0.15, 0.2) is 34.2 Å². The average Bonchev–Trinajstić information content (AvgIpc) is 2.99. The molecule has 0 atom stereocenters. The van der Waals surface area contributed by atoms with Gasteiger partial charge in [0, 0.05) is 5.56 Å². The molecule has 2 heterocycles. The van der Waals surface area contributed by atoms with E-state index in [-0.39, 0.29) is 16.5 Å². The Balaban J connectivity index is 2.27. The maximum Gasteiger partial charge on any atom is 0.230 e. The Hall–Kier alpha value is -1.56. The molecular weight excluding hydrogens is 322 g/mol. The highest BCUT2D eigenvalue weighted by atomic mass is 35.5. The van der Waals surface area contributed by atoms with Crippen molar-refractivity contribution in [3.8, 4) is 21.7 Å². The normalized spacial score (nSPS) is 10.9. The second-order valence-corrected chi connectivity index (χ2v) is 5.70. The third kappa shape index (κ3) is 2.08. The van der Waals surface area contributed by atoms with Crippen LogP contribution in [0.5, 0.6) is 0 Å². The fourth-order valence-electron chi connectivity index (χ4n) is 1.88. The zero-order valence-electron chi connectivity index (χ0n) is 9.86. The minimum atomic E-state index is -0.571. The molecule has 0 saturated carbocycles. The molecule has 0 fully saturated rings. The summed E-state index contributed by atoms with van der Waals surface area (Å²) in [6, 6.07) is 6.38. The smallest absolute Gasteiger partial charge is 0.230 e. The summed E-state index contributed by atoms with van der Waals surface area (Å²) in [6.07, 6.45) is 0. The number of benzene rings is 1. The summed E-state index contributed by atoms with van der Waals surface area (Å²) >= 11 is 13.3. The summed E-state index contributed by atoms with van der Waals surface area (Å²) < 4.78 is 19.2. The van der Waals surface area contributed by atoms with Crippen molar-refractivity contribution in [2.24, 2.45) is 0 Å². The SMILES string of the molecule is Nc1onc(-c2sccc2Cl)c1-c1cccc(Cl)c1F. The van der Waals surface area contributed by atoms with E-state index in [1.807, 2.05) is 0 Å². The molecule has 3 rings (SSSR count). The lowest BCUT2D eigenvalue weighted by Crippen LogP contribution is -1.91. The zero-order valence-corrected chi connectivity index (χ0v) is 12.2. The summed E-state index contributed by atoms with van der Waals surface area (Å²) in [7, 11) is 0. The van der Waals surface area contributed by atoms with Gasteiger partial charge in [-0.25, -0.2) is 4.39 Å². The molecule has 0 aliphatic carbocycles. The van der Waals surface area contributed by atoms with Crippen LogP contribution in [0.2, 0.25) is 10.0 Å². The second-order valence-electron chi connectivity index (χ2n) is 3.97. The number of nitrogens with two attached hydrogens (primary N) is 1. The average molecular weight is 329 g/mol. The van der Waals surface area contributed by atoms with Crippen LogP contribution in [0.4, 0.5) is 10.3 Å². The minimum absolute atomic E-state index is 0.00586. The summed E-state index contributed by atoms with van der Waals surface area (Å²) in [5.41, 5.74) is 6.77. The number of hydrogen-bond acceptors (Lipinski definition) is 4. The first-order valence-electron chi connectivity index (χ1n) is 5.52.